The normalized spacial score (nSPS) is 11.9. The summed E-state index contributed by atoms with van der Waals surface area (Å²) < 4.78 is 10.6. The Morgan fingerprint density at radius 2 is 1.75 bits per heavy atom. The van der Waals surface area contributed by atoms with Gasteiger partial charge >= 0.3 is 0 Å². The second-order valence-electron chi connectivity index (χ2n) is 4.69. The molecule has 0 saturated heterocycles. The summed E-state index contributed by atoms with van der Waals surface area (Å²) >= 11 is 0. The van der Waals surface area contributed by atoms with E-state index in [0.717, 1.165) is 23.6 Å². The van der Waals surface area contributed by atoms with Gasteiger partial charge in [0.1, 0.15) is 11.5 Å². The van der Waals surface area contributed by atoms with E-state index in [1.54, 1.807) is 14.2 Å². The number of ether oxygens (including phenoxy) is 2. The molecule has 20 heavy (non-hydrogen) atoms. The van der Waals surface area contributed by atoms with E-state index in [-0.39, 0.29) is 0 Å². The molecule has 0 aliphatic rings. The van der Waals surface area contributed by atoms with E-state index >= 15 is 0 Å². The fraction of sp³-hybridized carbons (Fsp3) is 0.294. The number of nitrogens with one attached hydrogen (secondary N) is 1. The molecule has 106 valence electrons. The van der Waals surface area contributed by atoms with Crippen LogP contribution in [-0.2, 0) is 6.54 Å². The molecule has 3 nitrogen and oxygen atoms in total. The fourth-order valence-corrected chi connectivity index (χ4v) is 2.12. The van der Waals surface area contributed by atoms with Gasteiger partial charge in [-0.05, 0) is 18.6 Å². The van der Waals surface area contributed by atoms with Crippen LogP contribution in [0.1, 0.15) is 24.1 Å². The zero-order valence-electron chi connectivity index (χ0n) is 12.2. The van der Waals surface area contributed by atoms with Crippen LogP contribution < -0.4 is 14.8 Å². The molecule has 2 rings (SSSR count). The standard InChI is InChI=1S/C17H21NO2/c1-13(14-7-5-4-6-8-14)18-12-15-9-10-16(19-2)11-17(15)20-3/h4-11,13,18H,12H2,1-3H3/t13-/m0/s1. The quantitative estimate of drug-likeness (QED) is 0.871. The monoisotopic (exact) mass is 271 g/mol. The third kappa shape index (κ3) is 3.52. The Bertz CT molecular complexity index is 540. The molecule has 0 heterocycles. The lowest BCUT2D eigenvalue weighted by atomic mass is 10.1. The molecule has 0 bridgehead atoms. The maximum Gasteiger partial charge on any atom is 0.127 e. The smallest absolute Gasteiger partial charge is 0.127 e. The first-order chi connectivity index (χ1) is 9.74. The number of benzene rings is 2. The molecule has 1 N–H and O–H groups in total. The van der Waals surface area contributed by atoms with E-state index in [9.17, 15) is 0 Å². The van der Waals surface area contributed by atoms with Crippen molar-refractivity contribution >= 4 is 0 Å². The molecule has 1 atom stereocenters. The first kappa shape index (κ1) is 14.4. The molecule has 0 aliphatic heterocycles. The molecule has 0 amide bonds. The summed E-state index contributed by atoms with van der Waals surface area (Å²) in [6.45, 7) is 2.91. The molecule has 2 aromatic carbocycles. The van der Waals surface area contributed by atoms with E-state index < -0.39 is 0 Å². The Kier molecular flexibility index (Phi) is 5.02. The van der Waals surface area contributed by atoms with Gasteiger partial charge in [0.15, 0.2) is 0 Å². The van der Waals surface area contributed by atoms with Gasteiger partial charge in [-0.15, -0.1) is 0 Å². The highest BCUT2D eigenvalue weighted by Crippen LogP contribution is 2.25. The third-order valence-electron chi connectivity index (χ3n) is 3.39. The summed E-state index contributed by atoms with van der Waals surface area (Å²) in [4.78, 5) is 0. The maximum atomic E-state index is 5.41. The lowest BCUT2D eigenvalue weighted by Gasteiger charge is -2.16. The predicted octanol–water partition coefficient (Wildman–Crippen LogP) is 3.55. The minimum absolute atomic E-state index is 0.294. The third-order valence-corrected chi connectivity index (χ3v) is 3.39. The molecule has 0 radical (unpaired) electrons. The van der Waals surface area contributed by atoms with E-state index in [1.165, 1.54) is 5.56 Å². The summed E-state index contributed by atoms with van der Waals surface area (Å²) in [6, 6.07) is 16.6. The van der Waals surface area contributed by atoms with Gasteiger partial charge in [0.2, 0.25) is 0 Å². The Morgan fingerprint density at radius 3 is 2.40 bits per heavy atom. The SMILES string of the molecule is COc1ccc(CN[C@@H](C)c2ccccc2)c(OC)c1. The zero-order chi connectivity index (χ0) is 14.4. The van der Waals surface area contributed by atoms with Gasteiger partial charge < -0.3 is 14.8 Å². The number of hydrogen-bond donors (Lipinski definition) is 1. The zero-order valence-corrected chi connectivity index (χ0v) is 12.2. The predicted molar refractivity (Wildman–Crippen MR) is 81.2 cm³/mol. The molecular formula is C17H21NO2. The molecule has 0 aromatic heterocycles. The van der Waals surface area contributed by atoms with E-state index in [0.29, 0.717) is 6.04 Å². The van der Waals surface area contributed by atoms with Crippen LogP contribution in [0, 0.1) is 0 Å². The van der Waals surface area contributed by atoms with E-state index in [4.69, 9.17) is 9.47 Å². The summed E-state index contributed by atoms with van der Waals surface area (Å²) in [7, 11) is 3.34. The minimum Gasteiger partial charge on any atom is -0.497 e. The Morgan fingerprint density at radius 1 is 1.00 bits per heavy atom. The largest absolute Gasteiger partial charge is 0.497 e. The van der Waals surface area contributed by atoms with Crippen molar-refractivity contribution in [2.45, 2.75) is 19.5 Å². The molecule has 2 aromatic rings. The summed E-state index contributed by atoms with van der Waals surface area (Å²) in [5.41, 5.74) is 2.40. The van der Waals surface area contributed by atoms with Crippen LogP contribution in [-0.4, -0.2) is 14.2 Å². The Balaban J connectivity index is 2.03. The van der Waals surface area contributed by atoms with Crippen molar-refractivity contribution < 1.29 is 9.47 Å². The van der Waals surface area contributed by atoms with Gasteiger partial charge in [-0.2, -0.15) is 0 Å². The average Bonchev–Trinajstić information content (AvgIpc) is 2.53. The van der Waals surface area contributed by atoms with Crippen molar-refractivity contribution in [3.05, 3.63) is 59.7 Å². The fourth-order valence-electron chi connectivity index (χ4n) is 2.12. The Hall–Kier alpha value is -2.00. The molecule has 0 fully saturated rings. The molecular weight excluding hydrogens is 250 g/mol. The summed E-state index contributed by atoms with van der Waals surface area (Å²) in [5.74, 6) is 1.65. The lowest BCUT2D eigenvalue weighted by Crippen LogP contribution is -2.18. The molecule has 0 unspecified atom stereocenters. The number of rotatable bonds is 6. The second kappa shape index (κ2) is 6.96. The first-order valence-corrected chi connectivity index (χ1v) is 6.74. The van der Waals surface area contributed by atoms with Crippen molar-refractivity contribution in [3.63, 3.8) is 0 Å². The van der Waals surface area contributed by atoms with Gasteiger partial charge in [0, 0.05) is 24.2 Å². The van der Waals surface area contributed by atoms with Gasteiger partial charge in [-0.3, -0.25) is 0 Å². The highest BCUT2D eigenvalue weighted by molar-refractivity contribution is 5.40. The molecule has 3 heteroatoms. The van der Waals surface area contributed by atoms with Crippen LogP contribution in [0.4, 0.5) is 0 Å². The van der Waals surface area contributed by atoms with Crippen molar-refractivity contribution in [2.24, 2.45) is 0 Å². The second-order valence-corrected chi connectivity index (χ2v) is 4.69. The Labute approximate surface area is 120 Å². The van der Waals surface area contributed by atoms with Crippen LogP contribution in [0.25, 0.3) is 0 Å². The maximum absolute atomic E-state index is 5.41. The van der Waals surface area contributed by atoms with E-state index in [2.05, 4.69) is 36.5 Å². The van der Waals surface area contributed by atoms with Crippen molar-refractivity contribution in [3.8, 4) is 11.5 Å². The molecule has 0 aliphatic carbocycles. The summed E-state index contributed by atoms with van der Waals surface area (Å²) in [6.07, 6.45) is 0. The highest BCUT2D eigenvalue weighted by Gasteiger charge is 2.08. The minimum atomic E-state index is 0.294. The van der Waals surface area contributed by atoms with E-state index in [1.807, 2.05) is 24.3 Å². The van der Waals surface area contributed by atoms with Crippen LogP contribution in [0.15, 0.2) is 48.5 Å². The van der Waals surface area contributed by atoms with Gasteiger partial charge in [-0.25, -0.2) is 0 Å². The summed E-state index contributed by atoms with van der Waals surface area (Å²) in [5, 5.41) is 3.51. The van der Waals surface area contributed by atoms with Crippen molar-refractivity contribution in [1.82, 2.24) is 5.32 Å². The van der Waals surface area contributed by atoms with Crippen LogP contribution in [0.2, 0.25) is 0 Å². The van der Waals surface area contributed by atoms with Crippen LogP contribution in [0.5, 0.6) is 11.5 Å². The van der Waals surface area contributed by atoms with Crippen LogP contribution in [0.3, 0.4) is 0 Å². The average molecular weight is 271 g/mol. The van der Waals surface area contributed by atoms with Crippen molar-refractivity contribution in [1.29, 1.82) is 0 Å². The molecule has 0 saturated carbocycles. The first-order valence-electron chi connectivity index (χ1n) is 6.74. The molecule has 0 spiro atoms. The highest BCUT2D eigenvalue weighted by atomic mass is 16.5. The van der Waals surface area contributed by atoms with Gasteiger partial charge in [0.25, 0.3) is 0 Å². The van der Waals surface area contributed by atoms with Gasteiger partial charge in [-0.1, -0.05) is 36.4 Å². The number of hydrogen-bond acceptors (Lipinski definition) is 3. The van der Waals surface area contributed by atoms with Crippen LogP contribution >= 0.6 is 0 Å². The topological polar surface area (TPSA) is 30.5 Å². The lowest BCUT2D eigenvalue weighted by molar-refractivity contribution is 0.389. The van der Waals surface area contributed by atoms with Gasteiger partial charge in [0.05, 0.1) is 14.2 Å². The number of methoxy groups -OCH3 is 2. The van der Waals surface area contributed by atoms with Crippen molar-refractivity contribution in [2.75, 3.05) is 14.2 Å².